The summed E-state index contributed by atoms with van der Waals surface area (Å²) in [6, 6.07) is 17.9. The number of carbonyl (C=O) groups excluding carboxylic acids is 1. The molecular weight excluding hydrogens is 246 g/mol. The number of carbonyl (C=O) groups is 1. The molecule has 0 saturated carbocycles. The summed E-state index contributed by atoms with van der Waals surface area (Å²) in [4.78, 5) is 12.1. The van der Waals surface area contributed by atoms with Crippen LogP contribution >= 0.6 is 0 Å². The third-order valence-electron chi connectivity index (χ3n) is 3.31. The van der Waals surface area contributed by atoms with Crippen LogP contribution in [0.1, 0.15) is 37.0 Å². The van der Waals surface area contributed by atoms with Gasteiger partial charge in [-0.3, -0.25) is 4.79 Å². The third-order valence-corrected chi connectivity index (χ3v) is 3.31. The number of ketones is 1. The Balaban J connectivity index is 2.07. The Labute approximate surface area is 120 Å². The van der Waals surface area contributed by atoms with Crippen molar-refractivity contribution in [1.29, 1.82) is 0 Å². The van der Waals surface area contributed by atoms with E-state index in [4.69, 9.17) is 5.73 Å². The van der Waals surface area contributed by atoms with E-state index in [0.29, 0.717) is 12.8 Å². The lowest BCUT2D eigenvalue weighted by Gasteiger charge is -2.17. The highest BCUT2D eigenvalue weighted by molar-refractivity contribution is 5.96. The predicted octanol–water partition coefficient (Wildman–Crippen LogP) is 4.05. The van der Waals surface area contributed by atoms with Crippen molar-refractivity contribution in [3.8, 4) is 11.1 Å². The first kappa shape index (κ1) is 14.5. The van der Waals surface area contributed by atoms with Gasteiger partial charge in [-0.05, 0) is 31.4 Å². The van der Waals surface area contributed by atoms with Crippen LogP contribution in [-0.4, -0.2) is 11.3 Å². The Morgan fingerprint density at radius 2 is 1.50 bits per heavy atom. The Bertz CT molecular complexity index is 565. The Morgan fingerprint density at radius 1 is 0.950 bits per heavy atom. The highest BCUT2D eigenvalue weighted by Gasteiger charge is 2.14. The molecule has 0 aliphatic rings. The van der Waals surface area contributed by atoms with Gasteiger partial charge >= 0.3 is 0 Å². The van der Waals surface area contributed by atoms with Gasteiger partial charge in [-0.25, -0.2) is 0 Å². The molecule has 104 valence electrons. The molecule has 0 aliphatic heterocycles. The van der Waals surface area contributed by atoms with E-state index < -0.39 is 0 Å². The fourth-order valence-electron chi connectivity index (χ4n) is 2.06. The molecule has 0 heterocycles. The van der Waals surface area contributed by atoms with Crippen molar-refractivity contribution in [1.82, 2.24) is 0 Å². The molecule has 0 saturated heterocycles. The molecule has 2 nitrogen and oxygen atoms in total. The van der Waals surface area contributed by atoms with Crippen molar-refractivity contribution in [2.24, 2.45) is 5.73 Å². The van der Waals surface area contributed by atoms with Crippen molar-refractivity contribution in [3.63, 3.8) is 0 Å². The summed E-state index contributed by atoms with van der Waals surface area (Å²) < 4.78 is 0. The first-order chi connectivity index (χ1) is 9.46. The van der Waals surface area contributed by atoms with Crippen molar-refractivity contribution in [2.45, 2.75) is 32.2 Å². The second kappa shape index (κ2) is 6.02. The highest BCUT2D eigenvalue weighted by Crippen LogP contribution is 2.20. The first-order valence-corrected chi connectivity index (χ1v) is 6.93. The minimum absolute atomic E-state index is 0.156. The van der Waals surface area contributed by atoms with Gasteiger partial charge in [-0.15, -0.1) is 0 Å². The van der Waals surface area contributed by atoms with Gasteiger partial charge in [0.1, 0.15) is 0 Å². The van der Waals surface area contributed by atoms with Crippen LogP contribution in [0.3, 0.4) is 0 Å². The monoisotopic (exact) mass is 267 g/mol. The van der Waals surface area contributed by atoms with Crippen LogP contribution in [-0.2, 0) is 0 Å². The topological polar surface area (TPSA) is 43.1 Å². The van der Waals surface area contributed by atoms with Crippen LogP contribution in [0, 0.1) is 0 Å². The molecule has 2 heteroatoms. The van der Waals surface area contributed by atoms with Crippen molar-refractivity contribution < 1.29 is 4.79 Å². The first-order valence-electron chi connectivity index (χ1n) is 6.93. The quantitative estimate of drug-likeness (QED) is 0.830. The van der Waals surface area contributed by atoms with E-state index in [-0.39, 0.29) is 11.3 Å². The van der Waals surface area contributed by atoms with E-state index >= 15 is 0 Å². The van der Waals surface area contributed by atoms with Crippen LogP contribution < -0.4 is 5.73 Å². The maximum Gasteiger partial charge on any atom is 0.162 e. The number of nitrogens with two attached hydrogens (primary N) is 1. The molecule has 0 amide bonds. The lowest BCUT2D eigenvalue weighted by atomic mass is 9.95. The fraction of sp³-hybridized carbons (Fsp3) is 0.278. The van der Waals surface area contributed by atoms with Gasteiger partial charge in [0.05, 0.1) is 0 Å². The summed E-state index contributed by atoms with van der Waals surface area (Å²) in [6.45, 7) is 3.89. The number of Topliss-reactive ketones (excluding diaryl/α,β-unsaturated/α-hetero) is 1. The summed E-state index contributed by atoms with van der Waals surface area (Å²) in [6.07, 6.45) is 1.19. The zero-order valence-corrected chi connectivity index (χ0v) is 12.1. The van der Waals surface area contributed by atoms with E-state index in [9.17, 15) is 4.79 Å². The van der Waals surface area contributed by atoms with Gasteiger partial charge in [0, 0.05) is 17.5 Å². The van der Waals surface area contributed by atoms with Gasteiger partial charge in [-0.1, -0.05) is 54.6 Å². The SMILES string of the molecule is CC(C)(N)CCC(=O)c1ccc(-c2ccccc2)cc1. The lowest BCUT2D eigenvalue weighted by molar-refractivity contribution is 0.0972. The molecular formula is C18H21NO. The summed E-state index contributed by atoms with van der Waals surface area (Å²) >= 11 is 0. The fourth-order valence-corrected chi connectivity index (χ4v) is 2.06. The van der Waals surface area contributed by atoms with Gasteiger partial charge in [0.25, 0.3) is 0 Å². The van der Waals surface area contributed by atoms with Crippen LogP contribution in [0.5, 0.6) is 0 Å². The standard InChI is InChI=1S/C18H21NO/c1-18(2,19)13-12-17(20)16-10-8-15(9-11-16)14-6-4-3-5-7-14/h3-11H,12-13,19H2,1-2H3. The summed E-state index contributed by atoms with van der Waals surface area (Å²) in [5.74, 6) is 0.156. The van der Waals surface area contributed by atoms with Crippen molar-refractivity contribution in [2.75, 3.05) is 0 Å². The van der Waals surface area contributed by atoms with Crippen molar-refractivity contribution >= 4 is 5.78 Å². The molecule has 0 aliphatic carbocycles. The maximum absolute atomic E-state index is 12.1. The number of rotatable bonds is 5. The van der Waals surface area contributed by atoms with E-state index in [1.165, 1.54) is 0 Å². The normalized spacial score (nSPS) is 11.3. The molecule has 2 rings (SSSR count). The molecule has 0 spiro atoms. The molecule has 0 atom stereocenters. The van der Waals surface area contributed by atoms with Gasteiger partial charge in [0.2, 0.25) is 0 Å². The second-order valence-electron chi connectivity index (χ2n) is 5.86. The molecule has 0 unspecified atom stereocenters. The summed E-state index contributed by atoms with van der Waals surface area (Å²) in [5, 5.41) is 0. The van der Waals surface area contributed by atoms with Crippen LogP contribution in [0.4, 0.5) is 0 Å². The number of hydrogen-bond acceptors (Lipinski definition) is 2. The van der Waals surface area contributed by atoms with E-state index in [1.54, 1.807) is 0 Å². The molecule has 0 radical (unpaired) electrons. The molecule has 2 aromatic carbocycles. The Kier molecular flexibility index (Phi) is 4.35. The largest absolute Gasteiger partial charge is 0.326 e. The Hall–Kier alpha value is -1.93. The summed E-state index contributed by atoms with van der Waals surface area (Å²) in [5.41, 5.74) is 8.66. The minimum atomic E-state index is -0.292. The zero-order chi connectivity index (χ0) is 14.6. The molecule has 0 aromatic heterocycles. The molecule has 2 aromatic rings. The zero-order valence-electron chi connectivity index (χ0n) is 12.1. The predicted molar refractivity (Wildman–Crippen MR) is 83.7 cm³/mol. The molecule has 20 heavy (non-hydrogen) atoms. The second-order valence-corrected chi connectivity index (χ2v) is 5.86. The summed E-state index contributed by atoms with van der Waals surface area (Å²) in [7, 11) is 0. The molecule has 2 N–H and O–H groups in total. The number of hydrogen-bond donors (Lipinski definition) is 1. The van der Waals surface area contributed by atoms with Gasteiger partial charge in [0.15, 0.2) is 5.78 Å². The minimum Gasteiger partial charge on any atom is -0.326 e. The van der Waals surface area contributed by atoms with Crippen LogP contribution in [0.2, 0.25) is 0 Å². The Morgan fingerprint density at radius 3 is 2.05 bits per heavy atom. The van der Waals surface area contributed by atoms with Crippen LogP contribution in [0.15, 0.2) is 54.6 Å². The van der Waals surface area contributed by atoms with E-state index in [1.807, 2.05) is 56.3 Å². The van der Waals surface area contributed by atoms with Crippen LogP contribution in [0.25, 0.3) is 11.1 Å². The average Bonchev–Trinajstić information content (AvgIpc) is 2.45. The van der Waals surface area contributed by atoms with E-state index in [2.05, 4.69) is 12.1 Å². The highest BCUT2D eigenvalue weighted by atomic mass is 16.1. The smallest absolute Gasteiger partial charge is 0.162 e. The van der Waals surface area contributed by atoms with E-state index in [0.717, 1.165) is 16.7 Å². The molecule has 0 fully saturated rings. The lowest BCUT2D eigenvalue weighted by Crippen LogP contribution is -2.32. The van der Waals surface area contributed by atoms with Gasteiger partial charge in [-0.2, -0.15) is 0 Å². The average molecular weight is 267 g/mol. The third kappa shape index (κ3) is 4.04. The maximum atomic E-state index is 12.1. The number of benzene rings is 2. The van der Waals surface area contributed by atoms with Crippen molar-refractivity contribution in [3.05, 3.63) is 60.2 Å². The molecule has 0 bridgehead atoms. The van der Waals surface area contributed by atoms with Gasteiger partial charge < -0.3 is 5.73 Å².